The maximum atomic E-state index is 12.8. The second-order valence-corrected chi connectivity index (χ2v) is 5.77. The van der Waals surface area contributed by atoms with Crippen LogP contribution in [0, 0.1) is 0 Å². The first-order valence-corrected chi connectivity index (χ1v) is 7.49. The fourth-order valence-corrected chi connectivity index (χ4v) is 2.21. The Labute approximate surface area is 149 Å². The van der Waals surface area contributed by atoms with E-state index >= 15 is 0 Å². The molecule has 0 N–H and O–H groups in total. The molecule has 0 unspecified atom stereocenters. The van der Waals surface area contributed by atoms with E-state index < -0.39 is 42.5 Å². The third-order valence-electron chi connectivity index (χ3n) is 3.32. The van der Waals surface area contributed by atoms with Crippen molar-refractivity contribution in [3.63, 3.8) is 0 Å². The number of ether oxygens (including phenoxy) is 1. The molecular weight excluding hydrogens is 386 g/mol. The Morgan fingerprint density at radius 1 is 0.885 bits per heavy atom. The number of carbonyl (C=O) groups excluding carboxylic acids is 1. The molecule has 26 heavy (non-hydrogen) atoms. The molecule has 0 aromatic heterocycles. The molecule has 140 valence electrons. The zero-order valence-corrected chi connectivity index (χ0v) is 13.7. The molecule has 0 amide bonds. The van der Waals surface area contributed by atoms with Crippen LogP contribution in [-0.2, 0) is 23.7 Å². The fourth-order valence-electron chi connectivity index (χ4n) is 2.08. The van der Waals surface area contributed by atoms with E-state index in [1.807, 2.05) is 0 Å². The quantitative estimate of drug-likeness (QED) is 0.473. The molecule has 0 saturated heterocycles. The van der Waals surface area contributed by atoms with Crippen molar-refractivity contribution < 1.29 is 35.9 Å². The maximum Gasteiger partial charge on any atom is 0.416 e. The van der Waals surface area contributed by atoms with Crippen LogP contribution in [0.2, 0.25) is 5.02 Å². The number of halogens is 7. The van der Waals surface area contributed by atoms with E-state index in [2.05, 4.69) is 0 Å². The van der Waals surface area contributed by atoms with Crippen molar-refractivity contribution in [2.45, 2.75) is 19.0 Å². The Kier molecular flexibility index (Phi) is 5.98. The van der Waals surface area contributed by atoms with E-state index in [9.17, 15) is 31.1 Å². The molecular formula is C17H11ClF6O2. The van der Waals surface area contributed by atoms with Gasteiger partial charge in [0.05, 0.1) is 17.7 Å². The lowest BCUT2D eigenvalue weighted by Gasteiger charge is -2.14. The monoisotopic (exact) mass is 396 g/mol. The van der Waals surface area contributed by atoms with Crippen molar-refractivity contribution in [3.05, 3.63) is 69.7 Å². The van der Waals surface area contributed by atoms with Crippen LogP contribution in [0.5, 0.6) is 0 Å². The van der Waals surface area contributed by atoms with Gasteiger partial charge in [0, 0.05) is 10.6 Å². The van der Waals surface area contributed by atoms with E-state index in [1.165, 1.54) is 24.3 Å². The second kappa shape index (κ2) is 7.67. The molecule has 0 spiro atoms. The van der Waals surface area contributed by atoms with Crippen LogP contribution < -0.4 is 0 Å². The van der Waals surface area contributed by atoms with Gasteiger partial charge in [-0.05, 0) is 48.0 Å². The number of carbonyl (C=O) groups is 1. The highest BCUT2D eigenvalue weighted by Crippen LogP contribution is 2.36. The average Bonchev–Trinajstić information content (AvgIpc) is 2.53. The zero-order valence-electron chi connectivity index (χ0n) is 12.9. The van der Waals surface area contributed by atoms with Gasteiger partial charge >= 0.3 is 12.4 Å². The smallest absolute Gasteiger partial charge is 0.369 e. The minimum atomic E-state index is -4.94. The highest BCUT2D eigenvalue weighted by atomic mass is 35.5. The number of hydrogen-bond acceptors (Lipinski definition) is 2. The predicted octanol–water partition coefficient (Wildman–Crippen LogP) is 5.78. The molecule has 9 heteroatoms. The Bertz CT molecular complexity index is 749. The Balaban J connectivity index is 2.11. The number of Topliss-reactive ketones (excluding diaryl/α,β-unsaturated/α-hetero) is 1. The number of rotatable bonds is 5. The zero-order chi connectivity index (χ0) is 19.5. The summed E-state index contributed by atoms with van der Waals surface area (Å²) in [6.07, 6.45) is -9.87. The Morgan fingerprint density at radius 2 is 1.38 bits per heavy atom. The molecule has 0 aliphatic rings. The van der Waals surface area contributed by atoms with Crippen molar-refractivity contribution in [3.8, 4) is 0 Å². The third-order valence-corrected chi connectivity index (χ3v) is 3.57. The summed E-state index contributed by atoms with van der Waals surface area (Å²) in [4.78, 5) is 11.9. The molecule has 0 radical (unpaired) electrons. The molecule has 0 saturated carbocycles. The van der Waals surface area contributed by atoms with Crippen LogP contribution in [0.3, 0.4) is 0 Å². The first-order chi connectivity index (χ1) is 12.0. The number of benzene rings is 2. The van der Waals surface area contributed by atoms with Crippen molar-refractivity contribution in [1.29, 1.82) is 0 Å². The molecule has 2 rings (SSSR count). The topological polar surface area (TPSA) is 26.3 Å². The SMILES string of the molecule is O=C(COCc1cc(C(F)(F)F)cc(C(F)(F)F)c1)c1ccc(Cl)cc1. The van der Waals surface area contributed by atoms with Gasteiger partial charge in [-0.25, -0.2) is 0 Å². The number of ketones is 1. The molecule has 2 aromatic carbocycles. The summed E-state index contributed by atoms with van der Waals surface area (Å²) in [6, 6.07) is 6.95. The summed E-state index contributed by atoms with van der Waals surface area (Å²) in [5.74, 6) is -0.482. The van der Waals surface area contributed by atoms with Crippen molar-refractivity contribution >= 4 is 17.4 Å². The number of hydrogen-bond donors (Lipinski definition) is 0. The van der Waals surface area contributed by atoms with Crippen LogP contribution in [-0.4, -0.2) is 12.4 Å². The fraction of sp³-hybridized carbons (Fsp3) is 0.235. The summed E-state index contributed by atoms with van der Waals surface area (Å²) < 4.78 is 81.6. The van der Waals surface area contributed by atoms with Gasteiger partial charge in [0.25, 0.3) is 0 Å². The largest absolute Gasteiger partial charge is 0.416 e. The first-order valence-electron chi connectivity index (χ1n) is 7.11. The van der Waals surface area contributed by atoms with Crippen LogP contribution in [0.4, 0.5) is 26.3 Å². The van der Waals surface area contributed by atoms with E-state index in [1.54, 1.807) is 0 Å². The molecule has 0 fully saturated rings. The van der Waals surface area contributed by atoms with E-state index in [-0.39, 0.29) is 17.2 Å². The van der Waals surface area contributed by atoms with Gasteiger partial charge in [0.2, 0.25) is 0 Å². The lowest BCUT2D eigenvalue weighted by Crippen LogP contribution is -2.13. The second-order valence-electron chi connectivity index (χ2n) is 5.34. The Hall–Kier alpha value is -2.06. The van der Waals surface area contributed by atoms with E-state index in [0.717, 1.165) is 0 Å². The van der Waals surface area contributed by atoms with Gasteiger partial charge in [-0.15, -0.1) is 0 Å². The normalized spacial score (nSPS) is 12.3. The molecule has 2 aromatic rings. The highest BCUT2D eigenvalue weighted by Gasteiger charge is 2.36. The third kappa shape index (κ3) is 5.47. The van der Waals surface area contributed by atoms with Gasteiger partial charge in [-0.2, -0.15) is 26.3 Å². The summed E-state index contributed by atoms with van der Waals surface area (Å²) >= 11 is 5.68. The van der Waals surface area contributed by atoms with Crippen molar-refractivity contribution in [1.82, 2.24) is 0 Å². The van der Waals surface area contributed by atoms with Gasteiger partial charge < -0.3 is 4.74 Å². The predicted molar refractivity (Wildman–Crippen MR) is 81.9 cm³/mol. The Morgan fingerprint density at radius 3 is 1.85 bits per heavy atom. The molecule has 0 aliphatic heterocycles. The summed E-state index contributed by atoms with van der Waals surface area (Å²) in [5, 5.41) is 0.408. The minimum Gasteiger partial charge on any atom is -0.369 e. The van der Waals surface area contributed by atoms with Crippen molar-refractivity contribution in [2.24, 2.45) is 0 Å². The highest BCUT2D eigenvalue weighted by molar-refractivity contribution is 6.30. The van der Waals surface area contributed by atoms with Gasteiger partial charge in [0.15, 0.2) is 5.78 Å². The standard InChI is InChI=1S/C17H11ClF6O2/c18-14-3-1-11(2-4-14)15(25)9-26-8-10-5-12(16(19,20)21)7-13(6-10)17(22,23)24/h1-7H,8-9H2. The van der Waals surface area contributed by atoms with Crippen LogP contribution in [0.1, 0.15) is 27.0 Å². The maximum absolute atomic E-state index is 12.8. The molecule has 0 aliphatic carbocycles. The van der Waals surface area contributed by atoms with Crippen LogP contribution >= 0.6 is 11.6 Å². The molecule has 0 bridgehead atoms. The van der Waals surface area contributed by atoms with E-state index in [0.29, 0.717) is 17.2 Å². The summed E-state index contributed by atoms with van der Waals surface area (Å²) in [7, 11) is 0. The van der Waals surface area contributed by atoms with Crippen LogP contribution in [0.15, 0.2) is 42.5 Å². The van der Waals surface area contributed by atoms with Crippen molar-refractivity contribution in [2.75, 3.05) is 6.61 Å². The van der Waals surface area contributed by atoms with E-state index in [4.69, 9.17) is 16.3 Å². The average molecular weight is 397 g/mol. The summed E-state index contributed by atoms with van der Waals surface area (Å²) in [6.45, 7) is -1.08. The van der Waals surface area contributed by atoms with Gasteiger partial charge in [0.1, 0.15) is 6.61 Å². The van der Waals surface area contributed by atoms with Gasteiger partial charge in [-0.3, -0.25) is 4.79 Å². The summed E-state index contributed by atoms with van der Waals surface area (Å²) in [5.41, 5.74) is -2.95. The lowest BCUT2D eigenvalue weighted by molar-refractivity contribution is -0.143. The molecule has 2 nitrogen and oxygen atoms in total. The number of alkyl halides is 6. The first kappa shape index (κ1) is 20.3. The molecule has 0 atom stereocenters. The van der Waals surface area contributed by atoms with Crippen LogP contribution in [0.25, 0.3) is 0 Å². The van der Waals surface area contributed by atoms with Gasteiger partial charge in [-0.1, -0.05) is 11.6 Å². The molecule has 0 heterocycles. The lowest BCUT2D eigenvalue weighted by atomic mass is 10.1. The minimum absolute atomic E-state index is 0.0301.